The van der Waals surface area contributed by atoms with Crippen LogP contribution in [0.4, 0.5) is 0 Å². The Morgan fingerprint density at radius 2 is 2.33 bits per heavy atom. The van der Waals surface area contributed by atoms with Crippen molar-refractivity contribution in [1.82, 2.24) is 9.97 Å². The lowest BCUT2D eigenvalue weighted by Gasteiger charge is -2.15. The van der Waals surface area contributed by atoms with Gasteiger partial charge < -0.3 is 10.7 Å². The molecule has 4 heteroatoms. The third-order valence-electron chi connectivity index (χ3n) is 3.77. The van der Waals surface area contributed by atoms with Crippen molar-refractivity contribution in [1.29, 1.82) is 0 Å². The molecule has 3 N–H and O–H groups in total. The van der Waals surface area contributed by atoms with Gasteiger partial charge in [-0.2, -0.15) is 0 Å². The molecule has 1 fully saturated rings. The lowest BCUT2D eigenvalue weighted by Crippen LogP contribution is -2.20. The Balaban J connectivity index is 1.82. The Labute approximate surface area is 112 Å². The minimum Gasteiger partial charge on any atom is -0.333 e. The second-order valence-corrected chi connectivity index (χ2v) is 6.37. The number of nitrogens with one attached hydrogen (secondary N) is 1. The summed E-state index contributed by atoms with van der Waals surface area (Å²) in [7, 11) is 0. The van der Waals surface area contributed by atoms with Gasteiger partial charge in [-0.3, -0.25) is 0 Å². The quantitative estimate of drug-likeness (QED) is 0.892. The van der Waals surface area contributed by atoms with Crippen LogP contribution in [0, 0.1) is 12.8 Å². The predicted octanol–water partition coefficient (Wildman–Crippen LogP) is 3.09. The maximum atomic E-state index is 5.83. The van der Waals surface area contributed by atoms with E-state index in [0.717, 1.165) is 22.7 Å². The van der Waals surface area contributed by atoms with Gasteiger partial charge in [-0.1, -0.05) is 24.2 Å². The predicted molar refractivity (Wildman–Crippen MR) is 76.9 cm³/mol. The van der Waals surface area contributed by atoms with Crippen LogP contribution in [0.5, 0.6) is 0 Å². The largest absolute Gasteiger partial charge is 0.333 e. The van der Waals surface area contributed by atoms with Crippen molar-refractivity contribution in [3.8, 4) is 0 Å². The molecular weight excluding hydrogens is 242 g/mol. The fraction of sp³-hybridized carbons (Fsp3) is 0.500. The van der Waals surface area contributed by atoms with Crippen molar-refractivity contribution in [2.24, 2.45) is 11.7 Å². The number of hydrogen-bond acceptors (Lipinski definition) is 3. The van der Waals surface area contributed by atoms with Gasteiger partial charge in [-0.25, -0.2) is 4.98 Å². The van der Waals surface area contributed by atoms with E-state index in [-0.39, 0.29) is 0 Å². The normalized spacial score (nSPS) is 23.9. The number of nitrogens with zero attached hydrogens (tertiary/aromatic N) is 1. The molecule has 0 amide bonds. The van der Waals surface area contributed by atoms with Crippen molar-refractivity contribution in [3.05, 3.63) is 23.8 Å². The standard InChI is InChI=1S/C14H19N3S/c1-9-5-6-11-12(7-9)17-14(16-11)18-13-4-2-3-10(13)8-15/h5-7,10,13H,2-4,8,15H2,1H3,(H,16,17). The fourth-order valence-corrected chi connectivity index (χ4v) is 4.06. The number of benzene rings is 1. The second-order valence-electron chi connectivity index (χ2n) is 5.15. The first-order chi connectivity index (χ1) is 8.76. The summed E-state index contributed by atoms with van der Waals surface area (Å²) in [5.41, 5.74) is 9.30. The van der Waals surface area contributed by atoms with Gasteiger partial charge in [0.25, 0.3) is 0 Å². The van der Waals surface area contributed by atoms with Crippen molar-refractivity contribution in [2.45, 2.75) is 36.6 Å². The maximum absolute atomic E-state index is 5.83. The van der Waals surface area contributed by atoms with Gasteiger partial charge in [0.15, 0.2) is 5.16 Å². The molecule has 1 aliphatic rings. The third-order valence-corrected chi connectivity index (χ3v) is 5.11. The molecule has 0 saturated heterocycles. The smallest absolute Gasteiger partial charge is 0.166 e. The van der Waals surface area contributed by atoms with E-state index in [1.165, 1.54) is 24.8 Å². The van der Waals surface area contributed by atoms with E-state index in [0.29, 0.717) is 11.2 Å². The summed E-state index contributed by atoms with van der Waals surface area (Å²) in [6.45, 7) is 2.91. The molecule has 1 saturated carbocycles. The van der Waals surface area contributed by atoms with E-state index in [9.17, 15) is 0 Å². The van der Waals surface area contributed by atoms with Crippen LogP contribution in [0.3, 0.4) is 0 Å². The monoisotopic (exact) mass is 261 g/mol. The number of nitrogens with two attached hydrogens (primary N) is 1. The van der Waals surface area contributed by atoms with Crippen LogP contribution in [0.1, 0.15) is 24.8 Å². The summed E-state index contributed by atoms with van der Waals surface area (Å²) in [5, 5.41) is 1.68. The Morgan fingerprint density at radius 1 is 1.44 bits per heavy atom. The summed E-state index contributed by atoms with van der Waals surface area (Å²) in [4.78, 5) is 8.07. The molecule has 2 atom stereocenters. The van der Waals surface area contributed by atoms with Crippen LogP contribution < -0.4 is 5.73 Å². The van der Waals surface area contributed by atoms with Crippen LogP contribution >= 0.6 is 11.8 Å². The van der Waals surface area contributed by atoms with E-state index in [1.54, 1.807) is 0 Å². The number of imidazole rings is 1. The number of aromatic amines is 1. The van der Waals surface area contributed by atoms with Crippen LogP contribution in [0.2, 0.25) is 0 Å². The minimum absolute atomic E-state index is 0.636. The van der Waals surface area contributed by atoms with E-state index in [4.69, 9.17) is 5.73 Å². The molecule has 0 aliphatic heterocycles. The Hall–Kier alpha value is -1.00. The summed E-state index contributed by atoms with van der Waals surface area (Å²) in [6.07, 6.45) is 3.84. The maximum Gasteiger partial charge on any atom is 0.166 e. The highest BCUT2D eigenvalue weighted by Crippen LogP contribution is 2.37. The van der Waals surface area contributed by atoms with E-state index >= 15 is 0 Å². The average molecular weight is 261 g/mol. The van der Waals surface area contributed by atoms with Gasteiger partial charge in [-0.05, 0) is 49.9 Å². The molecule has 0 bridgehead atoms. The molecule has 1 aromatic heterocycles. The second kappa shape index (κ2) is 4.94. The molecule has 0 radical (unpaired) electrons. The Bertz CT molecular complexity index is 549. The fourth-order valence-electron chi connectivity index (χ4n) is 2.73. The van der Waals surface area contributed by atoms with Crippen molar-refractivity contribution in [2.75, 3.05) is 6.54 Å². The highest BCUT2D eigenvalue weighted by atomic mass is 32.2. The van der Waals surface area contributed by atoms with Gasteiger partial charge in [0, 0.05) is 5.25 Å². The number of thioether (sulfide) groups is 1. The van der Waals surface area contributed by atoms with Crippen molar-refractivity contribution >= 4 is 22.8 Å². The van der Waals surface area contributed by atoms with Gasteiger partial charge in [0.1, 0.15) is 0 Å². The summed E-state index contributed by atoms with van der Waals surface area (Å²) >= 11 is 1.87. The molecule has 3 rings (SSSR count). The molecule has 18 heavy (non-hydrogen) atoms. The summed E-state index contributed by atoms with van der Waals surface area (Å²) < 4.78 is 0. The third kappa shape index (κ3) is 2.27. The number of aromatic nitrogens is 2. The molecule has 1 aliphatic carbocycles. The van der Waals surface area contributed by atoms with Gasteiger partial charge in [0.2, 0.25) is 0 Å². The zero-order chi connectivity index (χ0) is 12.5. The topological polar surface area (TPSA) is 54.7 Å². The van der Waals surface area contributed by atoms with Gasteiger partial charge in [0.05, 0.1) is 11.0 Å². The van der Waals surface area contributed by atoms with Crippen molar-refractivity contribution < 1.29 is 0 Å². The van der Waals surface area contributed by atoms with Gasteiger partial charge in [-0.15, -0.1) is 0 Å². The first-order valence-electron chi connectivity index (χ1n) is 6.59. The summed E-state index contributed by atoms with van der Waals surface area (Å²) in [5.74, 6) is 0.657. The number of H-pyrrole nitrogens is 1. The number of aryl methyl sites for hydroxylation is 1. The van der Waals surface area contributed by atoms with Crippen LogP contribution in [-0.4, -0.2) is 21.8 Å². The lowest BCUT2D eigenvalue weighted by atomic mass is 10.1. The number of fused-ring (bicyclic) bond motifs is 1. The minimum atomic E-state index is 0.636. The molecule has 3 nitrogen and oxygen atoms in total. The molecule has 2 aromatic rings. The Morgan fingerprint density at radius 3 is 3.17 bits per heavy atom. The molecule has 96 valence electrons. The Kier molecular flexibility index (Phi) is 3.31. The molecule has 2 unspecified atom stereocenters. The van der Waals surface area contributed by atoms with E-state index < -0.39 is 0 Å². The highest BCUT2D eigenvalue weighted by Gasteiger charge is 2.27. The van der Waals surface area contributed by atoms with Crippen LogP contribution in [-0.2, 0) is 0 Å². The van der Waals surface area contributed by atoms with Gasteiger partial charge >= 0.3 is 0 Å². The van der Waals surface area contributed by atoms with Crippen molar-refractivity contribution in [3.63, 3.8) is 0 Å². The van der Waals surface area contributed by atoms with E-state index in [2.05, 4.69) is 35.1 Å². The first kappa shape index (κ1) is 12.1. The molecule has 1 heterocycles. The average Bonchev–Trinajstić information content (AvgIpc) is 2.94. The van der Waals surface area contributed by atoms with Crippen LogP contribution in [0.25, 0.3) is 11.0 Å². The highest BCUT2D eigenvalue weighted by molar-refractivity contribution is 7.99. The number of hydrogen-bond donors (Lipinski definition) is 2. The molecule has 1 aromatic carbocycles. The SMILES string of the molecule is Cc1ccc2nc(SC3CCCC3CN)[nH]c2c1. The van der Waals surface area contributed by atoms with Crippen LogP contribution in [0.15, 0.2) is 23.4 Å². The van der Waals surface area contributed by atoms with E-state index in [1.807, 2.05) is 11.8 Å². The molecule has 0 spiro atoms. The summed E-state index contributed by atoms with van der Waals surface area (Å²) in [6, 6.07) is 6.34. The zero-order valence-corrected chi connectivity index (χ0v) is 11.5. The number of rotatable bonds is 3. The zero-order valence-electron chi connectivity index (χ0n) is 10.6. The first-order valence-corrected chi connectivity index (χ1v) is 7.47. The molecular formula is C14H19N3S. The lowest BCUT2D eigenvalue weighted by molar-refractivity contribution is 0.572.